The summed E-state index contributed by atoms with van der Waals surface area (Å²) in [4.78, 5) is 8.42. The SMILES string of the molecule is C(=NCc1cccnc1)c1ccc2c(c1)OCO2. The van der Waals surface area contributed by atoms with Crippen LogP contribution in [0.4, 0.5) is 0 Å². The third-order valence-electron chi connectivity index (χ3n) is 2.63. The largest absolute Gasteiger partial charge is 0.454 e. The minimum atomic E-state index is 0.297. The van der Waals surface area contributed by atoms with Crippen LogP contribution in [0.2, 0.25) is 0 Å². The molecule has 1 aromatic heterocycles. The Morgan fingerprint density at radius 2 is 2.17 bits per heavy atom. The van der Waals surface area contributed by atoms with Crippen LogP contribution in [0.25, 0.3) is 0 Å². The Balaban J connectivity index is 1.69. The second-order valence-corrected chi connectivity index (χ2v) is 3.94. The van der Waals surface area contributed by atoms with Crippen LogP contribution in [0.5, 0.6) is 11.5 Å². The van der Waals surface area contributed by atoms with E-state index in [1.54, 1.807) is 6.20 Å². The molecule has 0 N–H and O–H groups in total. The van der Waals surface area contributed by atoms with Gasteiger partial charge in [0, 0.05) is 18.6 Å². The smallest absolute Gasteiger partial charge is 0.231 e. The molecule has 4 heteroatoms. The van der Waals surface area contributed by atoms with E-state index in [0.29, 0.717) is 13.3 Å². The summed E-state index contributed by atoms with van der Waals surface area (Å²) in [6.45, 7) is 0.925. The average Bonchev–Trinajstić information content (AvgIpc) is 2.87. The van der Waals surface area contributed by atoms with E-state index in [2.05, 4.69) is 9.98 Å². The van der Waals surface area contributed by atoms with Crippen LogP contribution < -0.4 is 9.47 Å². The molecule has 0 unspecified atom stereocenters. The lowest BCUT2D eigenvalue weighted by molar-refractivity contribution is 0.174. The van der Waals surface area contributed by atoms with E-state index >= 15 is 0 Å². The molecular weight excluding hydrogens is 228 g/mol. The van der Waals surface area contributed by atoms with Crippen molar-refractivity contribution in [2.45, 2.75) is 6.54 Å². The van der Waals surface area contributed by atoms with Gasteiger partial charge in [-0.25, -0.2) is 0 Å². The molecular formula is C14H12N2O2. The van der Waals surface area contributed by atoms with Crippen molar-refractivity contribution in [1.29, 1.82) is 0 Å². The summed E-state index contributed by atoms with van der Waals surface area (Å²) in [7, 11) is 0. The van der Waals surface area contributed by atoms with Crippen molar-refractivity contribution in [2.75, 3.05) is 6.79 Å². The maximum Gasteiger partial charge on any atom is 0.231 e. The van der Waals surface area contributed by atoms with Gasteiger partial charge in [0.25, 0.3) is 0 Å². The number of aromatic nitrogens is 1. The topological polar surface area (TPSA) is 43.7 Å². The van der Waals surface area contributed by atoms with Crippen molar-refractivity contribution in [1.82, 2.24) is 4.98 Å². The third-order valence-corrected chi connectivity index (χ3v) is 2.63. The van der Waals surface area contributed by atoms with E-state index in [1.807, 2.05) is 42.7 Å². The Hall–Kier alpha value is -2.36. The number of nitrogens with zero attached hydrogens (tertiary/aromatic N) is 2. The van der Waals surface area contributed by atoms with Crippen LogP contribution in [0.1, 0.15) is 11.1 Å². The van der Waals surface area contributed by atoms with E-state index in [0.717, 1.165) is 22.6 Å². The second kappa shape index (κ2) is 4.87. The summed E-state index contributed by atoms with van der Waals surface area (Å²) in [5, 5.41) is 0. The predicted molar refractivity (Wildman–Crippen MR) is 68.1 cm³/mol. The van der Waals surface area contributed by atoms with Crippen LogP contribution in [0.3, 0.4) is 0 Å². The summed E-state index contributed by atoms with van der Waals surface area (Å²) in [5.41, 5.74) is 2.10. The molecule has 0 saturated heterocycles. The van der Waals surface area contributed by atoms with Crippen molar-refractivity contribution in [3.8, 4) is 11.5 Å². The number of fused-ring (bicyclic) bond motifs is 1. The fourth-order valence-electron chi connectivity index (χ4n) is 1.74. The van der Waals surface area contributed by atoms with Gasteiger partial charge in [0.05, 0.1) is 6.54 Å². The van der Waals surface area contributed by atoms with Crippen LogP contribution in [-0.2, 0) is 6.54 Å². The molecule has 18 heavy (non-hydrogen) atoms. The molecule has 0 spiro atoms. The first-order valence-electron chi connectivity index (χ1n) is 5.70. The second-order valence-electron chi connectivity index (χ2n) is 3.94. The molecule has 1 aliphatic heterocycles. The van der Waals surface area contributed by atoms with Gasteiger partial charge in [-0.1, -0.05) is 6.07 Å². The van der Waals surface area contributed by atoms with Gasteiger partial charge in [-0.2, -0.15) is 0 Å². The van der Waals surface area contributed by atoms with Crippen molar-refractivity contribution >= 4 is 6.21 Å². The van der Waals surface area contributed by atoms with E-state index in [4.69, 9.17) is 9.47 Å². The predicted octanol–water partition coefficient (Wildman–Crippen LogP) is 2.43. The highest BCUT2D eigenvalue weighted by Crippen LogP contribution is 2.31. The molecule has 1 aromatic carbocycles. The minimum Gasteiger partial charge on any atom is -0.454 e. The zero-order valence-electron chi connectivity index (χ0n) is 9.74. The highest BCUT2D eigenvalue weighted by atomic mass is 16.7. The first-order chi connectivity index (χ1) is 8.92. The maximum atomic E-state index is 5.31. The lowest BCUT2D eigenvalue weighted by Gasteiger charge is -1.97. The number of aliphatic imine (C=N–C) groups is 1. The van der Waals surface area contributed by atoms with E-state index in [-0.39, 0.29) is 0 Å². The zero-order valence-corrected chi connectivity index (χ0v) is 9.74. The quantitative estimate of drug-likeness (QED) is 0.774. The molecule has 4 nitrogen and oxygen atoms in total. The lowest BCUT2D eigenvalue weighted by Crippen LogP contribution is -1.92. The molecule has 0 fully saturated rings. The molecule has 1 aliphatic rings. The zero-order chi connectivity index (χ0) is 12.2. The van der Waals surface area contributed by atoms with Crippen LogP contribution in [-0.4, -0.2) is 18.0 Å². The first kappa shape index (κ1) is 10.8. The lowest BCUT2D eigenvalue weighted by atomic mass is 10.2. The first-order valence-corrected chi connectivity index (χ1v) is 5.70. The molecule has 0 atom stereocenters. The third kappa shape index (κ3) is 2.32. The van der Waals surface area contributed by atoms with Crippen molar-refractivity contribution in [3.63, 3.8) is 0 Å². The number of rotatable bonds is 3. The number of hydrogen-bond acceptors (Lipinski definition) is 4. The molecule has 2 aromatic rings. The monoisotopic (exact) mass is 240 g/mol. The highest BCUT2D eigenvalue weighted by Gasteiger charge is 2.12. The Morgan fingerprint density at radius 1 is 1.22 bits per heavy atom. The highest BCUT2D eigenvalue weighted by molar-refractivity contribution is 5.81. The van der Waals surface area contributed by atoms with E-state index < -0.39 is 0 Å². The van der Waals surface area contributed by atoms with Gasteiger partial charge >= 0.3 is 0 Å². The summed E-state index contributed by atoms with van der Waals surface area (Å²) in [5.74, 6) is 1.57. The van der Waals surface area contributed by atoms with Gasteiger partial charge in [0.2, 0.25) is 6.79 Å². The van der Waals surface area contributed by atoms with Gasteiger partial charge in [0.1, 0.15) is 0 Å². The fourth-order valence-corrected chi connectivity index (χ4v) is 1.74. The number of benzene rings is 1. The number of hydrogen-bond donors (Lipinski definition) is 0. The Morgan fingerprint density at radius 3 is 3.06 bits per heavy atom. The summed E-state index contributed by atoms with van der Waals surface area (Å²) in [6, 6.07) is 9.69. The van der Waals surface area contributed by atoms with Gasteiger partial charge in [-0.15, -0.1) is 0 Å². The van der Waals surface area contributed by atoms with Crippen LogP contribution in [0, 0.1) is 0 Å². The van der Waals surface area contributed by atoms with Crippen LogP contribution in [0.15, 0.2) is 47.7 Å². The van der Waals surface area contributed by atoms with Crippen molar-refractivity contribution in [2.24, 2.45) is 4.99 Å². The molecule has 2 heterocycles. The Bertz CT molecular complexity index is 567. The van der Waals surface area contributed by atoms with Gasteiger partial charge in [-0.3, -0.25) is 9.98 Å². The minimum absolute atomic E-state index is 0.297. The van der Waals surface area contributed by atoms with E-state index in [1.165, 1.54) is 0 Å². The summed E-state index contributed by atoms with van der Waals surface area (Å²) < 4.78 is 10.6. The van der Waals surface area contributed by atoms with Crippen molar-refractivity contribution in [3.05, 3.63) is 53.9 Å². The van der Waals surface area contributed by atoms with Gasteiger partial charge in [0.15, 0.2) is 11.5 Å². The molecule has 0 saturated carbocycles. The normalized spacial score (nSPS) is 13.1. The molecule has 0 radical (unpaired) electrons. The molecule has 3 rings (SSSR count). The molecule has 0 bridgehead atoms. The van der Waals surface area contributed by atoms with Crippen LogP contribution >= 0.6 is 0 Å². The maximum absolute atomic E-state index is 5.31. The molecule has 0 amide bonds. The average molecular weight is 240 g/mol. The summed E-state index contributed by atoms with van der Waals surface area (Å²) >= 11 is 0. The van der Waals surface area contributed by atoms with Crippen molar-refractivity contribution < 1.29 is 9.47 Å². The Labute approximate surface area is 105 Å². The fraction of sp³-hybridized carbons (Fsp3) is 0.143. The summed E-state index contributed by atoms with van der Waals surface area (Å²) in [6.07, 6.45) is 5.40. The molecule has 90 valence electrons. The van der Waals surface area contributed by atoms with E-state index in [9.17, 15) is 0 Å². The number of pyridine rings is 1. The Kier molecular flexibility index (Phi) is 2.92. The van der Waals surface area contributed by atoms with Gasteiger partial charge in [-0.05, 0) is 35.4 Å². The molecule has 0 aliphatic carbocycles. The standard InChI is InChI=1S/C14H12N2O2/c1-2-12(8-15-5-1)9-16-7-11-3-4-13-14(6-11)18-10-17-13/h1-8H,9-10H2. The van der Waals surface area contributed by atoms with Gasteiger partial charge < -0.3 is 9.47 Å². The number of ether oxygens (including phenoxy) is 2.